The molecule has 0 radical (unpaired) electrons. The highest BCUT2D eigenvalue weighted by Crippen LogP contribution is 2.26. The molecule has 14 heavy (non-hydrogen) atoms. The lowest BCUT2D eigenvalue weighted by Crippen LogP contribution is -2.01. The minimum atomic E-state index is 0.693. The second-order valence-electron chi connectivity index (χ2n) is 3.81. The Kier molecular flexibility index (Phi) is 3.02. The Bertz CT molecular complexity index is 336. The van der Waals surface area contributed by atoms with Crippen molar-refractivity contribution in [3.8, 4) is 0 Å². The topological polar surface area (TPSA) is 25.8 Å². The number of nitrogens with zero attached hydrogens (tertiary/aromatic N) is 2. The van der Waals surface area contributed by atoms with Gasteiger partial charge in [-0.25, -0.2) is 9.97 Å². The Morgan fingerprint density at radius 2 is 2.14 bits per heavy atom. The van der Waals surface area contributed by atoms with E-state index < -0.39 is 0 Å². The van der Waals surface area contributed by atoms with Gasteiger partial charge in [-0.3, -0.25) is 0 Å². The molecular formula is C11H15ClN2. The largest absolute Gasteiger partial charge is 0.238 e. The van der Waals surface area contributed by atoms with Gasteiger partial charge in [0.2, 0.25) is 0 Å². The normalized spacial score (nSPS) is 14.4. The fourth-order valence-electron chi connectivity index (χ4n) is 1.88. The van der Waals surface area contributed by atoms with Gasteiger partial charge in [-0.2, -0.15) is 0 Å². The summed E-state index contributed by atoms with van der Waals surface area (Å²) in [7, 11) is 0. The van der Waals surface area contributed by atoms with Gasteiger partial charge in [0.25, 0.3) is 0 Å². The van der Waals surface area contributed by atoms with Crippen LogP contribution in [-0.4, -0.2) is 9.97 Å². The molecule has 1 aliphatic carbocycles. The standard InChI is InChI=1S/C11H15ClN2/c1-2-3-7-10-13-9-6-4-5-8(9)11(12)14-10/h2-7H2,1H3. The maximum Gasteiger partial charge on any atom is 0.136 e. The van der Waals surface area contributed by atoms with Crippen LogP contribution < -0.4 is 0 Å². The van der Waals surface area contributed by atoms with Gasteiger partial charge in [-0.1, -0.05) is 24.9 Å². The molecule has 2 nitrogen and oxygen atoms in total. The molecule has 0 amide bonds. The van der Waals surface area contributed by atoms with Gasteiger partial charge in [0.15, 0.2) is 0 Å². The van der Waals surface area contributed by atoms with E-state index >= 15 is 0 Å². The molecule has 0 fully saturated rings. The van der Waals surface area contributed by atoms with Crippen molar-refractivity contribution in [2.45, 2.75) is 45.4 Å². The van der Waals surface area contributed by atoms with E-state index in [1.165, 1.54) is 24.1 Å². The summed E-state index contributed by atoms with van der Waals surface area (Å²) in [6.45, 7) is 2.18. The van der Waals surface area contributed by atoms with Crippen molar-refractivity contribution in [1.29, 1.82) is 0 Å². The van der Waals surface area contributed by atoms with E-state index in [2.05, 4.69) is 16.9 Å². The molecule has 1 aromatic heterocycles. The van der Waals surface area contributed by atoms with E-state index in [1.807, 2.05) is 0 Å². The predicted octanol–water partition coefficient (Wildman–Crippen LogP) is 2.96. The third-order valence-corrected chi connectivity index (χ3v) is 3.00. The predicted molar refractivity (Wildman–Crippen MR) is 57.7 cm³/mol. The average molecular weight is 211 g/mol. The van der Waals surface area contributed by atoms with Crippen molar-refractivity contribution in [2.24, 2.45) is 0 Å². The molecule has 76 valence electrons. The first-order valence-corrected chi connectivity index (χ1v) is 5.73. The van der Waals surface area contributed by atoms with E-state index in [1.54, 1.807) is 0 Å². The molecule has 0 aliphatic heterocycles. The van der Waals surface area contributed by atoms with Crippen LogP contribution in [0.3, 0.4) is 0 Å². The van der Waals surface area contributed by atoms with Crippen LogP contribution in [0, 0.1) is 0 Å². The van der Waals surface area contributed by atoms with Crippen LogP contribution in [0.1, 0.15) is 43.3 Å². The second kappa shape index (κ2) is 4.26. The molecule has 1 aromatic rings. The fraction of sp³-hybridized carbons (Fsp3) is 0.636. The van der Waals surface area contributed by atoms with Crippen molar-refractivity contribution in [3.05, 3.63) is 22.2 Å². The smallest absolute Gasteiger partial charge is 0.136 e. The van der Waals surface area contributed by atoms with Crippen molar-refractivity contribution in [3.63, 3.8) is 0 Å². The highest BCUT2D eigenvalue weighted by atomic mass is 35.5. The van der Waals surface area contributed by atoms with Crippen LogP contribution in [-0.2, 0) is 19.3 Å². The lowest BCUT2D eigenvalue weighted by Gasteiger charge is -2.04. The first kappa shape index (κ1) is 9.91. The highest BCUT2D eigenvalue weighted by molar-refractivity contribution is 6.30. The summed E-state index contributed by atoms with van der Waals surface area (Å²) in [5.74, 6) is 0.928. The molecule has 3 heteroatoms. The zero-order chi connectivity index (χ0) is 9.97. The maximum absolute atomic E-state index is 6.10. The third kappa shape index (κ3) is 1.90. The highest BCUT2D eigenvalue weighted by Gasteiger charge is 2.17. The minimum absolute atomic E-state index is 0.693. The molecular weight excluding hydrogens is 196 g/mol. The lowest BCUT2D eigenvalue weighted by molar-refractivity contribution is 0.744. The van der Waals surface area contributed by atoms with Gasteiger partial charge in [0, 0.05) is 17.7 Å². The number of hydrogen-bond donors (Lipinski definition) is 0. The summed E-state index contributed by atoms with van der Waals surface area (Å²) >= 11 is 6.10. The van der Waals surface area contributed by atoms with E-state index in [0.717, 1.165) is 31.5 Å². The third-order valence-electron chi connectivity index (χ3n) is 2.68. The number of aromatic nitrogens is 2. The quantitative estimate of drug-likeness (QED) is 0.717. The summed E-state index contributed by atoms with van der Waals surface area (Å²) in [5.41, 5.74) is 2.38. The molecule has 0 saturated heterocycles. The Morgan fingerprint density at radius 3 is 2.93 bits per heavy atom. The summed E-state index contributed by atoms with van der Waals surface area (Å²) < 4.78 is 0. The van der Waals surface area contributed by atoms with Gasteiger partial charge in [-0.15, -0.1) is 0 Å². The molecule has 1 aliphatic rings. The number of hydrogen-bond acceptors (Lipinski definition) is 2. The Balaban J connectivity index is 2.23. The minimum Gasteiger partial charge on any atom is -0.238 e. The second-order valence-corrected chi connectivity index (χ2v) is 4.17. The van der Waals surface area contributed by atoms with Crippen molar-refractivity contribution in [2.75, 3.05) is 0 Å². The summed E-state index contributed by atoms with van der Waals surface area (Å²) in [6, 6.07) is 0. The van der Waals surface area contributed by atoms with Crippen LogP contribution >= 0.6 is 11.6 Å². The molecule has 2 rings (SSSR count). The number of halogens is 1. The molecule has 0 aromatic carbocycles. The van der Waals surface area contributed by atoms with E-state index in [9.17, 15) is 0 Å². The monoisotopic (exact) mass is 210 g/mol. The first-order chi connectivity index (χ1) is 6.81. The Morgan fingerprint density at radius 1 is 1.29 bits per heavy atom. The first-order valence-electron chi connectivity index (χ1n) is 5.35. The van der Waals surface area contributed by atoms with Crippen LogP contribution in [0.2, 0.25) is 5.15 Å². The average Bonchev–Trinajstić information content (AvgIpc) is 2.63. The SMILES string of the molecule is CCCCc1nc(Cl)c2c(n1)CCC2. The number of unbranched alkanes of at least 4 members (excludes halogenated alkanes) is 1. The number of fused-ring (bicyclic) bond motifs is 1. The van der Waals surface area contributed by atoms with E-state index in [0.29, 0.717) is 5.15 Å². The zero-order valence-corrected chi connectivity index (χ0v) is 9.27. The van der Waals surface area contributed by atoms with E-state index in [4.69, 9.17) is 11.6 Å². The molecule has 0 saturated carbocycles. The molecule has 0 spiro atoms. The number of aryl methyl sites for hydroxylation is 2. The molecule has 0 bridgehead atoms. The van der Waals surface area contributed by atoms with Gasteiger partial charge in [0.1, 0.15) is 11.0 Å². The van der Waals surface area contributed by atoms with Crippen LogP contribution in [0.5, 0.6) is 0 Å². The lowest BCUT2D eigenvalue weighted by atomic mass is 10.2. The maximum atomic E-state index is 6.10. The number of rotatable bonds is 3. The van der Waals surface area contributed by atoms with Crippen molar-refractivity contribution in [1.82, 2.24) is 9.97 Å². The summed E-state index contributed by atoms with van der Waals surface area (Å²) in [4.78, 5) is 8.89. The van der Waals surface area contributed by atoms with Crippen LogP contribution in [0.4, 0.5) is 0 Å². The van der Waals surface area contributed by atoms with Crippen LogP contribution in [0.25, 0.3) is 0 Å². The summed E-state index contributed by atoms with van der Waals surface area (Å²) in [5, 5.41) is 0.693. The zero-order valence-electron chi connectivity index (χ0n) is 8.52. The van der Waals surface area contributed by atoms with Gasteiger partial charge < -0.3 is 0 Å². The molecule has 0 unspecified atom stereocenters. The Hall–Kier alpha value is -0.630. The van der Waals surface area contributed by atoms with Gasteiger partial charge >= 0.3 is 0 Å². The van der Waals surface area contributed by atoms with Gasteiger partial charge in [-0.05, 0) is 25.7 Å². The van der Waals surface area contributed by atoms with Gasteiger partial charge in [0.05, 0.1) is 0 Å². The molecule has 0 atom stereocenters. The molecule has 1 heterocycles. The molecule has 0 N–H and O–H groups in total. The fourth-order valence-corrected chi connectivity index (χ4v) is 2.18. The van der Waals surface area contributed by atoms with Crippen LogP contribution in [0.15, 0.2) is 0 Å². The van der Waals surface area contributed by atoms with Crippen molar-refractivity contribution >= 4 is 11.6 Å². The summed E-state index contributed by atoms with van der Waals surface area (Å²) in [6.07, 6.45) is 6.61. The Labute approximate surface area is 89.7 Å². The van der Waals surface area contributed by atoms with Crippen molar-refractivity contribution < 1.29 is 0 Å². The van der Waals surface area contributed by atoms with E-state index in [-0.39, 0.29) is 0 Å².